The highest BCUT2D eigenvalue weighted by atomic mass is 19.4. The molecule has 0 bridgehead atoms. The number of aromatic hydroxyl groups is 1. The number of carbonyl (C=O) groups excluding carboxylic acids is 2. The summed E-state index contributed by atoms with van der Waals surface area (Å²) in [6.07, 6.45) is -2.34. The number of amides is 2. The number of alkyl halides is 3. The van der Waals surface area contributed by atoms with E-state index in [1.165, 1.54) is 12.1 Å². The van der Waals surface area contributed by atoms with Crippen molar-refractivity contribution in [2.45, 2.75) is 45.3 Å². The van der Waals surface area contributed by atoms with Crippen LogP contribution < -0.4 is 10.6 Å². The molecule has 0 saturated carbocycles. The zero-order valence-corrected chi connectivity index (χ0v) is 24.9. The molecule has 1 aliphatic heterocycles. The van der Waals surface area contributed by atoms with E-state index in [-0.39, 0.29) is 24.5 Å². The largest absolute Gasteiger partial charge is 0.494 e. The highest BCUT2D eigenvalue weighted by molar-refractivity contribution is 6.11. The van der Waals surface area contributed by atoms with Crippen molar-refractivity contribution in [1.29, 1.82) is 0 Å². The maximum absolute atomic E-state index is 13.6. The summed E-state index contributed by atoms with van der Waals surface area (Å²) in [7, 11) is 0. The number of nitrogens with one attached hydrogen (secondary N) is 2. The normalized spacial score (nSPS) is 12.6. The van der Waals surface area contributed by atoms with Gasteiger partial charge in [-0.2, -0.15) is 13.2 Å². The van der Waals surface area contributed by atoms with Gasteiger partial charge in [0.1, 0.15) is 0 Å². The Balaban J connectivity index is 1.40. The maximum Gasteiger partial charge on any atom is 0.416 e. The zero-order valence-electron chi connectivity index (χ0n) is 24.9. The van der Waals surface area contributed by atoms with Crippen LogP contribution in [0.3, 0.4) is 0 Å². The Bertz CT molecular complexity index is 1900. The summed E-state index contributed by atoms with van der Waals surface area (Å²) in [4.78, 5) is 31.1. The number of fused-ring (bicyclic) bond motifs is 3. The number of anilines is 2. The first-order valence-electron chi connectivity index (χ1n) is 15.0. The van der Waals surface area contributed by atoms with Crippen molar-refractivity contribution in [3.63, 3.8) is 0 Å². The number of aryl methyl sites for hydroxylation is 3. The number of nitrogens with zero attached hydrogens (tertiary/aromatic N) is 2. The lowest BCUT2D eigenvalue weighted by atomic mass is 9.92. The lowest BCUT2D eigenvalue weighted by Crippen LogP contribution is -2.19. The van der Waals surface area contributed by atoms with Crippen molar-refractivity contribution in [1.82, 2.24) is 9.55 Å². The zero-order chi connectivity index (χ0) is 32.4. The lowest BCUT2D eigenvalue weighted by molar-refractivity contribution is -0.137. The number of hydrogen-bond acceptors (Lipinski definition) is 5. The minimum Gasteiger partial charge on any atom is -0.494 e. The van der Waals surface area contributed by atoms with Crippen molar-refractivity contribution in [2.75, 3.05) is 17.2 Å². The van der Waals surface area contributed by atoms with Crippen LogP contribution in [0.1, 0.15) is 46.2 Å². The van der Waals surface area contributed by atoms with Crippen LogP contribution in [0.15, 0.2) is 78.9 Å². The van der Waals surface area contributed by atoms with Gasteiger partial charge in [-0.05, 0) is 80.1 Å². The first-order valence-corrected chi connectivity index (χ1v) is 15.0. The Kier molecular flexibility index (Phi) is 8.40. The molecule has 5 aromatic rings. The molecular formula is C35H31F3N4O4. The topological polar surface area (TPSA) is 105 Å². The average Bonchev–Trinajstić information content (AvgIpc) is 3.62. The molecule has 2 amide bonds. The molecule has 0 fully saturated rings. The van der Waals surface area contributed by atoms with Crippen molar-refractivity contribution in [2.24, 2.45) is 0 Å². The molecule has 3 heterocycles. The van der Waals surface area contributed by atoms with Gasteiger partial charge in [0.25, 0.3) is 0 Å². The second-order valence-corrected chi connectivity index (χ2v) is 11.0. The minimum atomic E-state index is -4.44. The Labute approximate surface area is 262 Å². The molecule has 0 unspecified atom stereocenters. The predicted molar refractivity (Wildman–Crippen MR) is 169 cm³/mol. The molecule has 0 spiro atoms. The van der Waals surface area contributed by atoms with E-state index >= 15 is 0 Å². The molecule has 0 atom stereocenters. The summed E-state index contributed by atoms with van der Waals surface area (Å²) in [6.45, 7) is 2.40. The molecule has 1 aliphatic rings. The fourth-order valence-corrected chi connectivity index (χ4v) is 5.90. The monoisotopic (exact) mass is 628 g/mol. The van der Waals surface area contributed by atoms with E-state index in [4.69, 9.17) is 9.72 Å². The number of halogens is 3. The van der Waals surface area contributed by atoms with Gasteiger partial charge in [0, 0.05) is 29.2 Å². The molecule has 11 heteroatoms. The molecule has 3 N–H and O–H groups in total. The van der Waals surface area contributed by atoms with Gasteiger partial charge >= 0.3 is 18.2 Å². The smallest absolute Gasteiger partial charge is 0.416 e. The second-order valence-electron chi connectivity index (χ2n) is 11.0. The van der Waals surface area contributed by atoms with Gasteiger partial charge in [-0.1, -0.05) is 42.5 Å². The van der Waals surface area contributed by atoms with Crippen LogP contribution in [0, 0.1) is 0 Å². The van der Waals surface area contributed by atoms with Crippen LogP contribution in [-0.2, 0) is 36.7 Å². The summed E-state index contributed by atoms with van der Waals surface area (Å²) in [5.74, 6) is -0.612. The van der Waals surface area contributed by atoms with Crippen LogP contribution in [0.5, 0.6) is 5.88 Å². The molecule has 3 aromatic carbocycles. The van der Waals surface area contributed by atoms with Crippen LogP contribution >= 0.6 is 0 Å². The molecule has 0 aliphatic carbocycles. The summed E-state index contributed by atoms with van der Waals surface area (Å²) in [5, 5.41) is 17.4. The number of benzene rings is 3. The van der Waals surface area contributed by atoms with E-state index in [2.05, 4.69) is 10.6 Å². The number of hydrogen-bond donors (Lipinski definition) is 3. The minimum absolute atomic E-state index is 0.00859. The SMILES string of the molecule is CCOC(=O)c1c(CCc2ccc(C(F)(F)F)cc2)nc2c3n(c(O)c2c1-c1ccc(NC(=O)Nc2ccccc2)cc1)CCC3. The third kappa shape index (κ3) is 6.13. The highest BCUT2D eigenvalue weighted by Gasteiger charge is 2.32. The van der Waals surface area contributed by atoms with Gasteiger partial charge in [0.2, 0.25) is 5.88 Å². The van der Waals surface area contributed by atoms with Gasteiger partial charge in [-0.3, -0.25) is 0 Å². The Morgan fingerprint density at radius 1 is 0.935 bits per heavy atom. The summed E-state index contributed by atoms with van der Waals surface area (Å²) >= 11 is 0. The Morgan fingerprint density at radius 2 is 1.61 bits per heavy atom. The van der Waals surface area contributed by atoms with Gasteiger partial charge in [0.05, 0.1) is 34.3 Å². The van der Waals surface area contributed by atoms with E-state index in [1.54, 1.807) is 47.9 Å². The van der Waals surface area contributed by atoms with E-state index in [0.29, 0.717) is 64.0 Å². The van der Waals surface area contributed by atoms with Crippen molar-refractivity contribution < 1.29 is 32.6 Å². The summed E-state index contributed by atoms with van der Waals surface area (Å²) in [5.41, 5.74) is 4.14. The van der Waals surface area contributed by atoms with E-state index in [9.17, 15) is 27.9 Å². The molecular weight excluding hydrogens is 597 g/mol. The number of esters is 1. The molecule has 2 aromatic heterocycles. The quantitative estimate of drug-likeness (QED) is 0.151. The highest BCUT2D eigenvalue weighted by Crippen LogP contribution is 2.44. The number of urea groups is 1. The molecule has 46 heavy (non-hydrogen) atoms. The lowest BCUT2D eigenvalue weighted by Gasteiger charge is -2.17. The summed E-state index contributed by atoms with van der Waals surface area (Å²) in [6, 6.07) is 20.4. The van der Waals surface area contributed by atoms with Crippen molar-refractivity contribution in [3.8, 4) is 17.0 Å². The standard InChI is InChI=1S/C35H31F3N4O4/c1-2-46-33(44)29-26(19-12-21-10-15-23(16-11-21)35(36,37)38)41-31-27-9-6-20-42(27)32(43)30(31)28(29)22-13-17-25(18-14-22)40-34(45)39-24-7-4-3-5-8-24/h3-5,7-8,10-11,13-18,43H,2,6,9,12,19-20H2,1H3,(H2,39,40,45). The second kappa shape index (κ2) is 12.6. The van der Waals surface area contributed by atoms with E-state index < -0.39 is 23.7 Å². The third-order valence-corrected chi connectivity index (χ3v) is 8.02. The Hall–Kier alpha value is -5.32. The van der Waals surface area contributed by atoms with Gasteiger partial charge in [-0.25, -0.2) is 14.6 Å². The number of carbonyl (C=O) groups is 2. The van der Waals surface area contributed by atoms with Gasteiger partial charge < -0.3 is 25.0 Å². The molecule has 236 valence electrons. The van der Waals surface area contributed by atoms with E-state index in [0.717, 1.165) is 24.2 Å². The third-order valence-electron chi connectivity index (χ3n) is 8.02. The van der Waals surface area contributed by atoms with Crippen LogP contribution in [0.4, 0.5) is 29.3 Å². The average molecular weight is 629 g/mol. The number of ether oxygens (including phenoxy) is 1. The van der Waals surface area contributed by atoms with Crippen molar-refractivity contribution in [3.05, 3.63) is 107 Å². The van der Waals surface area contributed by atoms with Crippen LogP contribution in [0.2, 0.25) is 0 Å². The summed E-state index contributed by atoms with van der Waals surface area (Å²) < 4.78 is 46.6. The van der Waals surface area contributed by atoms with Gasteiger partial charge in [-0.15, -0.1) is 0 Å². The molecule has 8 nitrogen and oxygen atoms in total. The maximum atomic E-state index is 13.6. The number of para-hydroxylation sites is 1. The molecule has 0 radical (unpaired) electrons. The fraction of sp³-hybridized carbons (Fsp3) is 0.229. The number of aromatic nitrogens is 2. The van der Waals surface area contributed by atoms with E-state index in [1.807, 2.05) is 18.2 Å². The molecule has 6 rings (SSSR count). The number of pyridine rings is 1. The van der Waals surface area contributed by atoms with Gasteiger partial charge in [0.15, 0.2) is 0 Å². The fourth-order valence-electron chi connectivity index (χ4n) is 5.90. The molecule has 0 saturated heterocycles. The van der Waals surface area contributed by atoms with Crippen molar-refractivity contribution >= 4 is 34.3 Å². The Morgan fingerprint density at radius 3 is 2.26 bits per heavy atom. The van der Waals surface area contributed by atoms with Crippen LogP contribution in [0.25, 0.3) is 22.0 Å². The number of rotatable bonds is 8. The predicted octanol–water partition coefficient (Wildman–Crippen LogP) is 7.98. The first-order chi connectivity index (χ1) is 22.1. The van der Waals surface area contributed by atoms with Crippen LogP contribution in [-0.4, -0.2) is 33.3 Å². The first kappa shape index (κ1) is 30.7.